The Hall–Kier alpha value is -1.76. The van der Waals surface area contributed by atoms with Crippen molar-refractivity contribution >= 4 is 11.7 Å². The van der Waals surface area contributed by atoms with Crippen molar-refractivity contribution in [2.24, 2.45) is 5.92 Å². The highest BCUT2D eigenvalue weighted by atomic mass is 19.1. The van der Waals surface area contributed by atoms with Crippen molar-refractivity contribution in [1.29, 1.82) is 0 Å². The molecule has 1 aromatic rings. The van der Waals surface area contributed by atoms with Gasteiger partial charge in [-0.1, -0.05) is 6.92 Å². The van der Waals surface area contributed by atoms with Crippen LogP contribution >= 0.6 is 0 Å². The third-order valence-electron chi connectivity index (χ3n) is 3.71. The van der Waals surface area contributed by atoms with E-state index in [-0.39, 0.29) is 29.5 Å². The van der Waals surface area contributed by atoms with Crippen molar-refractivity contribution in [3.8, 4) is 0 Å². The minimum Gasteiger partial charge on any atom is -0.378 e. The fourth-order valence-corrected chi connectivity index (χ4v) is 2.67. The lowest BCUT2D eigenvalue weighted by Crippen LogP contribution is -2.42. The second-order valence-electron chi connectivity index (χ2n) is 5.16. The molecule has 2 saturated heterocycles. The van der Waals surface area contributed by atoms with Gasteiger partial charge in [-0.2, -0.15) is 0 Å². The number of hydrogen-bond donors (Lipinski definition) is 1. The third-order valence-corrected chi connectivity index (χ3v) is 3.71. The molecule has 6 nitrogen and oxygen atoms in total. The van der Waals surface area contributed by atoms with Gasteiger partial charge in [0.05, 0.1) is 30.9 Å². The van der Waals surface area contributed by atoms with E-state index < -0.39 is 0 Å². The van der Waals surface area contributed by atoms with Gasteiger partial charge in [0.1, 0.15) is 6.33 Å². The summed E-state index contributed by atoms with van der Waals surface area (Å²) in [5, 5.41) is 2.92. The average molecular weight is 280 g/mol. The first kappa shape index (κ1) is 13.2. The number of amides is 1. The Kier molecular flexibility index (Phi) is 3.52. The Morgan fingerprint density at radius 3 is 3.10 bits per heavy atom. The van der Waals surface area contributed by atoms with Crippen molar-refractivity contribution in [3.05, 3.63) is 17.8 Å². The van der Waals surface area contributed by atoms with E-state index in [1.54, 1.807) is 0 Å². The minimum atomic E-state index is -0.386. The molecule has 2 fully saturated rings. The molecule has 2 bridgehead atoms. The Balaban J connectivity index is 1.93. The molecular weight excluding hydrogens is 263 g/mol. The van der Waals surface area contributed by atoms with E-state index in [1.165, 1.54) is 6.33 Å². The molecule has 2 aliphatic rings. The topological polar surface area (TPSA) is 67.3 Å². The number of aromatic nitrogens is 2. The number of aryl methyl sites for hydroxylation is 1. The van der Waals surface area contributed by atoms with Crippen LogP contribution < -0.4 is 10.2 Å². The zero-order valence-electron chi connectivity index (χ0n) is 11.3. The first-order chi connectivity index (χ1) is 9.69. The maximum Gasteiger partial charge on any atom is 0.227 e. The number of nitrogens with zero attached hydrogens (tertiary/aromatic N) is 3. The number of hydrogen-bond acceptors (Lipinski definition) is 5. The summed E-state index contributed by atoms with van der Waals surface area (Å²) in [7, 11) is 0. The van der Waals surface area contributed by atoms with Crippen LogP contribution in [-0.2, 0) is 16.0 Å². The molecule has 7 heteroatoms. The van der Waals surface area contributed by atoms with E-state index in [0.29, 0.717) is 38.4 Å². The quantitative estimate of drug-likeness (QED) is 0.834. The summed E-state index contributed by atoms with van der Waals surface area (Å²) in [5.74, 6) is -0.421. The molecule has 0 saturated carbocycles. The summed E-state index contributed by atoms with van der Waals surface area (Å²) in [6.45, 7) is 3.59. The minimum absolute atomic E-state index is 0.0276. The van der Waals surface area contributed by atoms with Gasteiger partial charge in [-0.25, -0.2) is 14.4 Å². The van der Waals surface area contributed by atoms with E-state index in [1.807, 2.05) is 11.8 Å². The Labute approximate surface area is 116 Å². The lowest BCUT2D eigenvalue weighted by atomic mass is 10.1. The molecule has 1 N–H and O–H groups in total. The van der Waals surface area contributed by atoms with Gasteiger partial charge in [0.25, 0.3) is 0 Å². The fourth-order valence-electron chi connectivity index (χ4n) is 2.67. The number of ether oxygens (including phenoxy) is 1. The van der Waals surface area contributed by atoms with Gasteiger partial charge < -0.3 is 15.0 Å². The molecule has 1 aromatic heterocycles. The van der Waals surface area contributed by atoms with Gasteiger partial charge in [0.2, 0.25) is 5.91 Å². The van der Waals surface area contributed by atoms with Crippen LogP contribution in [0.15, 0.2) is 6.33 Å². The average Bonchev–Trinajstić information content (AvgIpc) is 2.67. The van der Waals surface area contributed by atoms with Gasteiger partial charge in [-0.15, -0.1) is 0 Å². The van der Waals surface area contributed by atoms with Crippen LogP contribution in [0.1, 0.15) is 12.6 Å². The molecule has 2 aliphatic heterocycles. The summed E-state index contributed by atoms with van der Waals surface area (Å²) >= 11 is 0. The molecule has 1 amide bonds. The van der Waals surface area contributed by atoms with Gasteiger partial charge in [0.15, 0.2) is 11.6 Å². The summed E-state index contributed by atoms with van der Waals surface area (Å²) in [5.41, 5.74) is 0.403. The van der Waals surface area contributed by atoms with Crippen LogP contribution in [0.3, 0.4) is 0 Å². The molecular formula is C13H17FN4O2. The Morgan fingerprint density at radius 1 is 1.45 bits per heavy atom. The molecule has 3 rings (SSSR count). The fraction of sp³-hybridized carbons (Fsp3) is 0.615. The lowest BCUT2D eigenvalue weighted by molar-refractivity contribution is -0.124. The van der Waals surface area contributed by atoms with E-state index in [9.17, 15) is 9.18 Å². The van der Waals surface area contributed by atoms with Gasteiger partial charge in [-0.3, -0.25) is 4.79 Å². The summed E-state index contributed by atoms with van der Waals surface area (Å²) in [6.07, 6.45) is 1.89. The summed E-state index contributed by atoms with van der Waals surface area (Å²) in [4.78, 5) is 21.8. The van der Waals surface area contributed by atoms with Crippen LogP contribution in [0.2, 0.25) is 0 Å². The Morgan fingerprint density at radius 2 is 2.30 bits per heavy atom. The van der Waals surface area contributed by atoms with E-state index in [0.717, 1.165) is 0 Å². The first-order valence-corrected chi connectivity index (χ1v) is 6.81. The number of halogens is 1. The lowest BCUT2D eigenvalue weighted by Gasteiger charge is -2.28. The molecule has 108 valence electrons. The molecule has 0 spiro atoms. The van der Waals surface area contributed by atoms with Crippen molar-refractivity contribution in [3.63, 3.8) is 0 Å². The molecule has 0 aliphatic carbocycles. The maximum absolute atomic E-state index is 14.4. The van der Waals surface area contributed by atoms with Crippen molar-refractivity contribution in [2.75, 3.05) is 31.2 Å². The number of anilines is 1. The van der Waals surface area contributed by atoms with E-state index in [4.69, 9.17) is 4.74 Å². The van der Waals surface area contributed by atoms with Crippen molar-refractivity contribution in [1.82, 2.24) is 15.3 Å². The number of carbonyl (C=O) groups is 1. The zero-order valence-corrected chi connectivity index (χ0v) is 11.3. The maximum atomic E-state index is 14.4. The van der Waals surface area contributed by atoms with Crippen molar-refractivity contribution in [2.45, 2.75) is 19.4 Å². The number of rotatable bonds is 2. The summed E-state index contributed by atoms with van der Waals surface area (Å²) in [6, 6.07) is -0.130. The summed E-state index contributed by atoms with van der Waals surface area (Å²) < 4.78 is 19.8. The molecule has 20 heavy (non-hydrogen) atoms. The second kappa shape index (κ2) is 5.32. The first-order valence-electron chi connectivity index (χ1n) is 6.81. The second-order valence-corrected chi connectivity index (χ2v) is 5.16. The number of nitrogens with one attached hydrogen (secondary N) is 1. The molecule has 2 atom stereocenters. The third kappa shape index (κ3) is 2.33. The molecule has 0 unspecified atom stereocenters. The van der Waals surface area contributed by atoms with Gasteiger partial charge in [-0.05, 0) is 6.42 Å². The normalized spacial score (nSPS) is 26.1. The predicted molar refractivity (Wildman–Crippen MR) is 69.8 cm³/mol. The number of carbonyl (C=O) groups excluding carboxylic acids is 1. The van der Waals surface area contributed by atoms with E-state index in [2.05, 4.69) is 15.3 Å². The molecule has 0 aromatic carbocycles. The predicted octanol–water partition coefficient (Wildman–Crippen LogP) is 0.129. The largest absolute Gasteiger partial charge is 0.378 e. The highest BCUT2D eigenvalue weighted by Gasteiger charge is 2.34. The van der Waals surface area contributed by atoms with Crippen LogP contribution in [0.4, 0.5) is 10.2 Å². The van der Waals surface area contributed by atoms with Crippen LogP contribution in [-0.4, -0.2) is 48.2 Å². The van der Waals surface area contributed by atoms with Crippen LogP contribution in [0.5, 0.6) is 0 Å². The highest BCUT2D eigenvalue weighted by molar-refractivity contribution is 5.80. The van der Waals surface area contributed by atoms with Crippen molar-refractivity contribution < 1.29 is 13.9 Å². The Bertz CT molecular complexity index is 525. The highest BCUT2D eigenvalue weighted by Crippen LogP contribution is 2.23. The molecule has 0 radical (unpaired) electrons. The number of fused-ring (bicyclic) bond motifs is 3. The van der Waals surface area contributed by atoms with Gasteiger partial charge in [0, 0.05) is 13.1 Å². The van der Waals surface area contributed by atoms with Gasteiger partial charge >= 0.3 is 0 Å². The van der Waals surface area contributed by atoms with Crippen LogP contribution in [0, 0.1) is 11.7 Å². The standard InChI is InChI=1S/C13H17FN4O2/c1-2-10-11(14)12(16-7-15-10)18-3-8-5-20-6-9(4-18)17-13(8)19/h7-9H,2-6H2,1H3,(H,17,19)/t8-,9+/m1/s1. The van der Waals surface area contributed by atoms with E-state index >= 15 is 0 Å². The van der Waals surface area contributed by atoms with Crippen LogP contribution in [0.25, 0.3) is 0 Å². The molecule has 3 heterocycles. The zero-order chi connectivity index (χ0) is 14.1. The SMILES string of the molecule is CCc1ncnc(N2C[C@H]3COC[C@@H](C2)C(=O)N3)c1F. The smallest absolute Gasteiger partial charge is 0.227 e. The monoisotopic (exact) mass is 280 g/mol.